The van der Waals surface area contributed by atoms with Gasteiger partial charge in [-0.2, -0.15) is 0 Å². The summed E-state index contributed by atoms with van der Waals surface area (Å²) in [4.78, 5) is 10.3. The number of hydrogen-bond donors (Lipinski definition) is 3. The molecular weight excluding hydrogens is 328 g/mol. The highest BCUT2D eigenvalue weighted by Crippen LogP contribution is 2.06. The lowest BCUT2D eigenvalue weighted by Crippen LogP contribution is -2.24. The highest BCUT2D eigenvalue weighted by atomic mass is 16.4. The minimum absolute atomic E-state index is 0.169. The van der Waals surface area contributed by atoms with Crippen LogP contribution in [0.4, 0.5) is 0 Å². The van der Waals surface area contributed by atoms with Gasteiger partial charge >= 0.3 is 5.97 Å². The third kappa shape index (κ3) is 16.9. The Balaban J connectivity index is 3.77. The molecule has 2 atom stereocenters. The summed E-state index contributed by atoms with van der Waals surface area (Å²) in [5.74, 6) is -0.775. The van der Waals surface area contributed by atoms with E-state index in [2.05, 4.69) is 19.1 Å². The summed E-state index contributed by atoms with van der Waals surface area (Å²) in [7, 11) is 0. The van der Waals surface area contributed by atoms with E-state index in [9.17, 15) is 15.0 Å². The number of aliphatic hydroxyl groups is 2. The zero-order chi connectivity index (χ0) is 19.5. The molecule has 0 heterocycles. The molecule has 4 heteroatoms. The van der Waals surface area contributed by atoms with Crippen LogP contribution in [0.15, 0.2) is 60.8 Å². The Bertz CT molecular complexity index is 486. The number of allylic oxidation sites excluding steroid dienone is 8. The number of carboxylic acids is 1. The number of rotatable bonds is 15. The van der Waals surface area contributed by atoms with Gasteiger partial charge in [0.2, 0.25) is 0 Å². The first kappa shape index (κ1) is 24.1. The molecule has 0 radical (unpaired) electrons. The summed E-state index contributed by atoms with van der Waals surface area (Å²) in [5, 5.41) is 28.3. The van der Waals surface area contributed by atoms with Crippen molar-refractivity contribution in [3.63, 3.8) is 0 Å². The van der Waals surface area contributed by atoms with E-state index in [1.54, 1.807) is 0 Å². The molecule has 0 saturated heterocycles. The molecule has 0 unspecified atom stereocenters. The monoisotopic (exact) mass is 362 g/mol. The number of aliphatic carboxylic acids is 1. The largest absolute Gasteiger partial charge is 0.481 e. The Morgan fingerprint density at radius 3 is 1.62 bits per heavy atom. The second kappa shape index (κ2) is 17.9. The van der Waals surface area contributed by atoms with E-state index in [4.69, 9.17) is 5.11 Å². The average molecular weight is 363 g/mol. The van der Waals surface area contributed by atoms with Gasteiger partial charge in [-0.05, 0) is 44.9 Å². The smallest absolute Gasteiger partial charge is 0.303 e. The fraction of sp³-hybridized carbons (Fsp3) is 0.500. The lowest BCUT2D eigenvalue weighted by Gasteiger charge is -2.14. The van der Waals surface area contributed by atoms with Gasteiger partial charge in [0.25, 0.3) is 0 Å². The highest BCUT2D eigenvalue weighted by Gasteiger charge is 2.12. The standard InChI is InChI=1S/C22H34O4/c1-2-3-4-5-11-14-17-20(23)21(24)18-15-12-9-7-6-8-10-13-16-19-22(25)26/h3-4,6-7,10-15,20-21,23-24H,2,5,8-9,16-19H2,1H3,(H,25,26)/b4-3-,7-6-,13-10-,14-11-,15-12-/t20-,21-/m1/s1. The van der Waals surface area contributed by atoms with Crippen molar-refractivity contribution in [1.82, 2.24) is 0 Å². The molecule has 0 bridgehead atoms. The Kier molecular flexibility index (Phi) is 16.6. The fourth-order valence-corrected chi connectivity index (χ4v) is 2.09. The molecule has 0 aromatic heterocycles. The Morgan fingerprint density at radius 2 is 1.15 bits per heavy atom. The van der Waals surface area contributed by atoms with Gasteiger partial charge in [-0.1, -0.05) is 67.7 Å². The molecule has 0 saturated carbocycles. The van der Waals surface area contributed by atoms with Crippen molar-refractivity contribution in [2.45, 2.75) is 70.5 Å². The maximum absolute atomic E-state index is 10.3. The van der Waals surface area contributed by atoms with Crippen molar-refractivity contribution in [3.05, 3.63) is 60.8 Å². The van der Waals surface area contributed by atoms with Crippen LogP contribution >= 0.6 is 0 Å². The van der Waals surface area contributed by atoms with Crippen LogP contribution in [-0.2, 0) is 4.79 Å². The molecule has 0 aliphatic rings. The number of carboxylic acid groups (broad SMARTS) is 1. The van der Waals surface area contributed by atoms with Crippen molar-refractivity contribution in [2.75, 3.05) is 0 Å². The third-order valence-corrected chi connectivity index (χ3v) is 3.61. The van der Waals surface area contributed by atoms with Gasteiger partial charge in [-0.25, -0.2) is 0 Å². The zero-order valence-corrected chi connectivity index (χ0v) is 15.8. The molecule has 0 aromatic rings. The zero-order valence-electron chi connectivity index (χ0n) is 15.8. The van der Waals surface area contributed by atoms with Gasteiger partial charge in [-0.3, -0.25) is 4.79 Å². The lowest BCUT2D eigenvalue weighted by molar-refractivity contribution is -0.136. The maximum Gasteiger partial charge on any atom is 0.303 e. The second-order valence-electron chi connectivity index (χ2n) is 6.01. The van der Waals surface area contributed by atoms with Crippen molar-refractivity contribution >= 4 is 5.97 Å². The first-order chi connectivity index (χ1) is 12.6. The number of carbonyl (C=O) groups is 1. The Labute approximate surface area is 157 Å². The number of aliphatic hydroxyl groups excluding tert-OH is 2. The maximum atomic E-state index is 10.3. The van der Waals surface area contributed by atoms with E-state index in [0.717, 1.165) is 25.7 Å². The minimum atomic E-state index is -0.775. The predicted octanol–water partition coefficient (Wildman–Crippen LogP) is 4.71. The summed E-state index contributed by atoms with van der Waals surface area (Å²) in [5.41, 5.74) is 0. The van der Waals surface area contributed by atoms with Gasteiger partial charge in [0.05, 0.1) is 12.2 Å². The van der Waals surface area contributed by atoms with E-state index in [-0.39, 0.29) is 6.42 Å². The summed E-state index contributed by atoms with van der Waals surface area (Å²) in [6.07, 6.45) is 23.4. The molecular formula is C22H34O4. The van der Waals surface area contributed by atoms with Crippen molar-refractivity contribution in [2.24, 2.45) is 0 Å². The van der Waals surface area contributed by atoms with Gasteiger partial charge in [0.1, 0.15) is 0 Å². The lowest BCUT2D eigenvalue weighted by atomic mass is 10.1. The Hall–Kier alpha value is -1.91. The van der Waals surface area contributed by atoms with Gasteiger partial charge in [0, 0.05) is 6.42 Å². The van der Waals surface area contributed by atoms with Crippen molar-refractivity contribution in [3.8, 4) is 0 Å². The summed E-state index contributed by atoms with van der Waals surface area (Å²) in [6, 6.07) is 0. The molecule has 26 heavy (non-hydrogen) atoms. The molecule has 0 aromatic carbocycles. The highest BCUT2D eigenvalue weighted by molar-refractivity contribution is 5.66. The Morgan fingerprint density at radius 1 is 0.731 bits per heavy atom. The minimum Gasteiger partial charge on any atom is -0.481 e. The molecule has 146 valence electrons. The quantitative estimate of drug-likeness (QED) is 0.369. The number of hydrogen-bond acceptors (Lipinski definition) is 3. The summed E-state index contributed by atoms with van der Waals surface area (Å²) in [6.45, 7) is 2.09. The van der Waals surface area contributed by atoms with Crippen LogP contribution in [0.5, 0.6) is 0 Å². The van der Waals surface area contributed by atoms with Crippen LogP contribution in [0.3, 0.4) is 0 Å². The molecule has 3 N–H and O–H groups in total. The van der Waals surface area contributed by atoms with Crippen LogP contribution in [-0.4, -0.2) is 33.5 Å². The normalized spacial score (nSPS) is 15.2. The second-order valence-corrected chi connectivity index (χ2v) is 6.01. The average Bonchev–Trinajstić information content (AvgIpc) is 2.61. The summed E-state index contributed by atoms with van der Waals surface area (Å²) >= 11 is 0. The van der Waals surface area contributed by atoms with Crippen LogP contribution in [0, 0.1) is 0 Å². The molecule has 0 fully saturated rings. The summed E-state index contributed by atoms with van der Waals surface area (Å²) < 4.78 is 0. The van der Waals surface area contributed by atoms with Crippen LogP contribution in [0.2, 0.25) is 0 Å². The molecule has 0 spiro atoms. The third-order valence-electron chi connectivity index (χ3n) is 3.61. The molecule has 0 aliphatic heterocycles. The topological polar surface area (TPSA) is 77.8 Å². The molecule has 0 amide bonds. The van der Waals surface area contributed by atoms with E-state index in [0.29, 0.717) is 19.3 Å². The molecule has 0 rings (SSSR count). The van der Waals surface area contributed by atoms with Crippen molar-refractivity contribution < 1.29 is 20.1 Å². The van der Waals surface area contributed by atoms with Crippen LogP contribution < -0.4 is 0 Å². The van der Waals surface area contributed by atoms with E-state index in [1.807, 2.05) is 48.6 Å². The predicted molar refractivity (Wildman–Crippen MR) is 108 cm³/mol. The van der Waals surface area contributed by atoms with Crippen LogP contribution in [0.1, 0.15) is 58.3 Å². The van der Waals surface area contributed by atoms with Crippen LogP contribution in [0.25, 0.3) is 0 Å². The van der Waals surface area contributed by atoms with E-state index >= 15 is 0 Å². The molecule has 0 aliphatic carbocycles. The van der Waals surface area contributed by atoms with Gasteiger partial charge in [0.15, 0.2) is 0 Å². The first-order valence-electron chi connectivity index (χ1n) is 9.40. The van der Waals surface area contributed by atoms with E-state index < -0.39 is 18.2 Å². The van der Waals surface area contributed by atoms with E-state index in [1.165, 1.54) is 0 Å². The van der Waals surface area contributed by atoms with Gasteiger partial charge < -0.3 is 15.3 Å². The van der Waals surface area contributed by atoms with Crippen molar-refractivity contribution in [1.29, 1.82) is 0 Å². The first-order valence-corrected chi connectivity index (χ1v) is 9.40. The fourth-order valence-electron chi connectivity index (χ4n) is 2.09. The molecule has 4 nitrogen and oxygen atoms in total. The van der Waals surface area contributed by atoms with Gasteiger partial charge in [-0.15, -0.1) is 0 Å². The SMILES string of the molecule is CC/C=C\C/C=C\C[C@@H](O)[C@H](O)C/C=C\C/C=C\C/C=C\CCC(=O)O.